The molecule has 0 spiro atoms. The maximum absolute atomic E-state index is 12.3. The molecule has 3 nitrogen and oxygen atoms in total. The van der Waals surface area contributed by atoms with Gasteiger partial charge in [-0.15, -0.1) is 0 Å². The molecule has 1 amide bonds. The van der Waals surface area contributed by atoms with Gasteiger partial charge in [-0.2, -0.15) is 0 Å². The molecule has 2 rings (SSSR count). The van der Waals surface area contributed by atoms with Crippen molar-refractivity contribution < 1.29 is 4.79 Å². The highest BCUT2D eigenvalue weighted by atomic mass is 16.2. The number of carbonyl (C=O) groups excluding carboxylic acids is 1. The van der Waals surface area contributed by atoms with Crippen molar-refractivity contribution in [3.63, 3.8) is 0 Å². The Balaban J connectivity index is 1.89. The molecule has 92 valence electrons. The fourth-order valence-corrected chi connectivity index (χ4v) is 2.77. The van der Waals surface area contributed by atoms with Gasteiger partial charge in [-0.05, 0) is 31.6 Å². The second kappa shape index (κ2) is 4.36. The van der Waals surface area contributed by atoms with Gasteiger partial charge in [0.1, 0.15) is 0 Å². The van der Waals surface area contributed by atoms with Gasteiger partial charge in [-0.3, -0.25) is 4.79 Å². The van der Waals surface area contributed by atoms with Gasteiger partial charge in [0, 0.05) is 25.7 Å². The Morgan fingerprint density at radius 2 is 2.12 bits per heavy atom. The van der Waals surface area contributed by atoms with Gasteiger partial charge in [0.15, 0.2) is 0 Å². The second-order valence-electron chi connectivity index (χ2n) is 6.26. The van der Waals surface area contributed by atoms with Crippen molar-refractivity contribution in [1.82, 2.24) is 10.2 Å². The second-order valence-corrected chi connectivity index (χ2v) is 6.26. The largest absolute Gasteiger partial charge is 0.342 e. The van der Waals surface area contributed by atoms with Crippen molar-refractivity contribution in [2.24, 2.45) is 11.3 Å². The first-order chi connectivity index (χ1) is 7.48. The molecule has 1 N–H and O–H groups in total. The lowest BCUT2D eigenvalue weighted by Gasteiger charge is -2.30. The van der Waals surface area contributed by atoms with E-state index in [4.69, 9.17) is 0 Å². The summed E-state index contributed by atoms with van der Waals surface area (Å²) >= 11 is 0. The van der Waals surface area contributed by atoms with Crippen molar-refractivity contribution in [3.05, 3.63) is 0 Å². The molecule has 2 heterocycles. The molecule has 2 atom stereocenters. The average molecular weight is 224 g/mol. The van der Waals surface area contributed by atoms with E-state index in [-0.39, 0.29) is 5.92 Å². The van der Waals surface area contributed by atoms with Crippen LogP contribution in [0.15, 0.2) is 0 Å². The van der Waals surface area contributed by atoms with E-state index in [1.807, 2.05) is 0 Å². The zero-order valence-corrected chi connectivity index (χ0v) is 10.8. The minimum Gasteiger partial charge on any atom is -0.342 e. The number of piperidine rings is 1. The summed E-state index contributed by atoms with van der Waals surface area (Å²) < 4.78 is 0. The van der Waals surface area contributed by atoms with Gasteiger partial charge < -0.3 is 10.2 Å². The monoisotopic (exact) mass is 224 g/mol. The van der Waals surface area contributed by atoms with E-state index in [2.05, 4.69) is 31.0 Å². The van der Waals surface area contributed by atoms with Crippen LogP contribution in [0.5, 0.6) is 0 Å². The topological polar surface area (TPSA) is 32.3 Å². The maximum Gasteiger partial charge on any atom is 0.226 e. The number of rotatable bonds is 1. The zero-order chi connectivity index (χ0) is 11.8. The van der Waals surface area contributed by atoms with Crippen molar-refractivity contribution in [2.45, 2.75) is 46.1 Å². The molecule has 2 fully saturated rings. The smallest absolute Gasteiger partial charge is 0.226 e. The quantitative estimate of drug-likeness (QED) is 0.734. The van der Waals surface area contributed by atoms with Crippen LogP contribution in [-0.2, 0) is 4.79 Å². The van der Waals surface area contributed by atoms with Crippen LogP contribution in [0.1, 0.15) is 40.0 Å². The molecule has 0 aromatic heterocycles. The molecular weight excluding hydrogens is 200 g/mol. The summed E-state index contributed by atoms with van der Waals surface area (Å²) in [5, 5.41) is 3.41. The minimum atomic E-state index is 0.227. The Kier molecular flexibility index (Phi) is 3.24. The van der Waals surface area contributed by atoms with Crippen LogP contribution in [0.2, 0.25) is 0 Å². The Morgan fingerprint density at radius 1 is 1.38 bits per heavy atom. The molecule has 2 saturated heterocycles. The maximum atomic E-state index is 12.3. The van der Waals surface area contributed by atoms with Gasteiger partial charge in [-0.25, -0.2) is 0 Å². The molecule has 2 aliphatic heterocycles. The van der Waals surface area contributed by atoms with Crippen LogP contribution in [0.4, 0.5) is 0 Å². The molecular formula is C13H24N2O. The predicted molar refractivity (Wildman–Crippen MR) is 65.2 cm³/mol. The summed E-state index contributed by atoms with van der Waals surface area (Å²) in [5.41, 5.74) is 0.324. The Morgan fingerprint density at radius 3 is 2.62 bits per heavy atom. The van der Waals surface area contributed by atoms with Crippen LogP contribution < -0.4 is 5.32 Å². The van der Waals surface area contributed by atoms with Gasteiger partial charge in [-0.1, -0.05) is 13.8 Å². The van der Waals surface area contributed by atoms with Gasteiger partial charge >= 0.3 is 0 Å². The number of hydrogen-bond donors (Lipinski definition) is 1. The number of nitrogens with zero attached hydrogens (tertiary/aromatic N) is 1. The zero-order valence-electron chi connectivity index (χ0n) is 10.8. The van der Waals surface area contributed by atoms with Crippen molar-refractivity contribution in [3.8, 4) is 0 Å². The van der Waals surface area contributed by atoms with E-state index in [0.29, 0.717) is 17.4 Å². The molecule has 2 aliphatic rings. The summed E-state index contributed by atoms with van der Waals surface area (Å²) in [7, 11) is 0. The lowest BCUT2D eigenvalue weighted by atomic mass is 9.92. The van der Waals surface area contributed by atoms with Crippen molar-refractivity contribution >= 4 is 5.91 Å². The summed E-state index contributed by atoms with van der Waals surface area (Å²) in [6.45, 7) is 9.47. The highest BCUT2D eigenvalue weighted by Crippen LogP contribution is 2.30. The van der Waals surface area contributed by atoms with Crippen LogP contribution in [0.3, 0.4) is 0 Å². The Labute approximate surface area is 98.6 Å². The SMILES string of the molecule is CC1CCC(C(=O)N2CCC(C)(C)C2)CN1. The lowest BCUT2D eigenvalue weighted by molar-refractivity contribution is -0.135. The third-order valence-electron chi connectivity index (χ3n) is 4.00. The van der Waals surface area contributed by atoms with Crippen LogP contribution in [0.25, 0.3) is 0 Å². The third-order valence-corrected chi connectivity index (χ3v) is 4.00. The van der Waals surface area contributed by atoms with Crippen LogP contribution in [0, 0.1) is 11.3 Å². The summed E-state index contributed by atoms with van der Waals surface area (Å²) in [6.07, 6.45) is 3.34. The first-order valence-electron chi connectivity index (χ1n) is 6.50. The summed E-state index contributed by atoms with van der Waals surface area (Å²) in [4.78, 5) is 14.4. The van der Waals surface area contributed by atoms with Crippen LogP contribution in [-0.4, -0.2) is 36.5 Å². The normalized spacial score (nSPS) is 34.1. The lowest BCUT2D eigenvalue weighted by Crippen LogP contribution is -2.45. The summed E-state index contributed by atoms with van der Waals surface area (Å²) in [5.74, 6) is 0.607. The summed E-state index contributed by atoms with van der Waals surface area (Å²) in [6, 6.07) is 0.582. The molecule has 2 unspecified atom stereocenters. The fourth-order valence-electron chi connectivity index (χ4n) is 2.77. The molecule has 0 aromatic rings. The van der Waals surface area contributed by atoms with E-state index in [0.717, 1.165) is 38.9 Å². The molecule has 0 saturated carbocycles. The Bertz CT molecular complexity index is 267. The van der Waals surface area contributed by atoms with Gasteiger partial charge in [0.2, 0.25) is 5.91 Å². The van der Waals surface area contributed by atoms with E-state index in [9.17, 15) is 4.79 Å². The average Bonchev–Trinajstić information content (AvgIpc) is 2.59. The molecule has 0 radical (unpaired) electrons. The number of carbonyl (C=O) groups is 1. The number of likely N-dealkylation sites (tertiary alicyclic amines) is 1. The first-order valence-corrected chi connectivity index (χ1v) is 6.50. The highest BCUT2D eigenvalue weighted by molar-refractivity contribution is 5.79. The van der Waals surface area contributed by atoms with Gasteiger partial charge in [0.25, 0.3) is 0 Å². The molecule has 16 heavy (non-hydrogen) atoms. The first kappa shape index (κ1) is 11.9. The highest BCUT2D eigenvalue weighted by Gasteiger charge is 2.35. The minimum absolute atomic E-state index is 0.227. The van der Waals surface area contributed by atoms with E-state index in [1.165, 1.54) is 0 Å². The number of amides is 1. The van der Waals surface area contributed by atoms with E-state index >= 15 is 0 Å². The predicted octanol–water partition coefficient (Wildman–Crippen LogP) is 1.63. The Hall–Kier alpha value is -0.570. The fraction of sp³-hybridized carbons (Fsp3) is 0.923. The van der Waals surface area contributed by atoms with Gasteiger partial charge in [0.05, 0.1) is 5.92 Å². The standard InChI is InChI=1S/C13H24N2O/c1-10-4-5-11(8-14-10)12(16)15-7-6-13(2,3)9-15/h10-11,14H,4-9H2,1-3H3. The molecule has 0 aliphatic carbocycles. The van der Waals surface area contributed by atoms with E-state index in [1.54, 1.807) is 0 Å². The van der Waals surface area contributed by atoms with Crippen molar-refractivity contribution in [2.75, 3.05) is 19.6 Å². The number of hydrogen-bond acceptors (Lipinski definition) is 2. The molecule has 3 heteroatoms. The molecule has 0 aromatic carbocycles. The van der Waals surface area contributed by atoms with Crippen molar-refractivity contribution in [1.29, 1.82) is 0 Å². The number of nitrogens with one attached hydrogen (secondary N) is 1. The molecule has 0 bridgehead atoms. The van der Waals surface area contributed by atoms with Crippen LogP contribution >= 0.6 is 0 Å². The van der Waals surface area contributed by atoms with E-state index < -0.39 is 0 Å². The third kappa shape index (κ3) is 2.57.